The van der Waals surface area contributed by atoms with Crippen LogP contribution in [0.25, 0.3) is 22.3 Å². The molecule has 0 radical (unpaired) electrons. The van der Waals surface area contributed by atoms with Gasteiger partial charge < -0.3 is 91.4 Å². The summed E-state index contributed by atoms with van der Waals surface area (Å²) in [6.45, 7) is 3.96. The highest BCUT2D eigenvalue weighted by Crippen LogP contribution is 2.30. The molecule has 25 nitrogen and oxygen atoms in total. The average Bonchev–Trinajstić information content (AvgIpc) is 4.18. The van der Waals surface area contributed by atoms with E-state index in [1.54, 1.807) is 12.1 Å². The molecule has 3 aliphatic rings. The lowest BCUT2D eigenvalue weighted by atomic mass is 9.96. The maximum Gasteiger partial charge on any atom is 0.251 e. The van der Waals surface area contributed by atoms with Gasteiger partial charge in [0.25, 0.3) is 5.91 Å². The first kappa shape index (κ1) is 64.0. The average molecular weight is 1170 g/mol. The summed E-state index contributed by atoms with van der Waals surface area (Å²) in [5.41, 5.74) is 3.39. The number of fused-ring (bicyclic) bond motifs is 2. The normalized spacial score (nSPS) is 27.2. The molecule has 3 fully saturated rings. The van der Waals surface area contributed by atoms with E-state index >= 15 is 0 Å². The van der Waals surface area contributed by atoms with Crippen molar-refractivity contribution in [1.82, 2.24) is 36.4 Å². The molecule has 0 aromatic heterocycles. The number of ether oxygens (including phenoxy) is 3. The lowest BCUT2D eigenvalue weighted by Gasteiger charge is -2.34. The molecule has 0 bridgehead atoms. The molecule has 4 aromatic rings. The van der Waals surface area contributed by atoms with E-state index in [2.05, 4.69) is 33.5 Å². The monoisotopic (exact) mass is 1170 g/mol. The van der Waals surface area contributed by atoms with Crippen LogP contribution >= 0.6 is 0 Å². The van der Waals surface area contributed by atoms with E-state index in [4.69, 9.17) is 14.2 Å². The van der Waals surface area contributed by atoms with Crippen LogP contribution in [0.5, 0.6) is 11.5 Å². The Balaban J connectivity index is 1.19. The molecule has 0 spiro atoms. The van der Waals surface area contributed by atoms with Crippen LogP contribution in [0.3, 0.4) is 0 Å². The van der Waals surface area contributed by atoms with Gasteiger partial charge in [-0.2, -0.15) is 0 Å². The van der Waals surface area contributed by atoms with E-state index in [1.807, 2.05) is 48.5 Å². The molecule has 84 heavy (non-hydrogen) atoms. The number of hydrogen-bond donors (Lipinski definition) is 13. The molecule has 3 saturated heterocycles. The van der Waals surface area contributed by atoms with Crippen LogP contribution in [0.1, 0.15) is 74.9 Å². The third-order valence-electron chi connectivity index (χ3n) is 15.3. The number of carbonyl (C=O) groups excluding carboxylic acids is 7. The lowest BCUT2D eigenvalue weighted by molar-refractivity contribution is -0.149. The fourth-order valence-electron chi connectivity index (χ4n) is 10.5. The number of rotatable bonds is 16. The molecule has 3 aliphatic heterocycles. The fraction of sp³-hybridized carbons (Fsp3) is 0.475. The number of amides is 7. The highest BCUT2D eigenvalue weighted by molar-refractivity contribution is 6.00. The van der Waals surface area contributed by atoms with Crippen molar-refractivity contribution >= 4 is 41.4 Å². The van der Waals surface area contributed by atoms with Gasteiger partial charge in [0, 0.05) is 39.2 Å². The first-order valence-corrected chi connectivity index (χ1v) is 27.7. The Kier molecular flexibility index (Phi) is 21.9. The number of aromatic hydroxyl groups is 1. The van der Waals surface area contributed by atoms with Gasteiger partial charge in [-0.15, -0.1) is 0 Å². The number of phenolic OH excluding ortho intramolecular Hbond substituents is 1. The Hall–Kier alpha value is -7.59. The zero-order valence-corrected chi connectivity index (χ0v) is 47.1. The van der Waals surface area contributed by atoms with Crippen molar-refractivity contribution in [2.75, 3.05) is 33.9 Å². The SMILES string of the molecule is CCCCCOc1ccc(-c2ccc(-c3ccc(C(=O)N[C@@H]4C[C@@H](O)[C@@H](O)NC(=O)C5[C@@H](OC)[C@@H](OC)CN5C(=O)[C@H]([C@@H](C)O)NC(=O)[C@H]([C@H](O)[C@@H](O)c5ccc(O)cc5)NC(=O)[C@@H]5C[C@@H](O)CN5C(=O)[C@H]([C@@H](C)O)NC4=O)cc3)cc2)cc1. The van der Waals surface area contributed by atoms with Gasteiger partial charge in [0.15, 0.2) is 6.23 Å². The standard InChI is InChI=1S/C59H75N7O18/c1-6-7-8-25-84-40-23-19-35(20-24-40)33-11-9-32(10-12-33)34-13-15-37(16-14-34)52(74)60-41-27-43(71)55(77)64-57(79)48-51(83-5)44(82-4)29-66(48)59(81)46(31(3)68)62-56(78)47(50(73)49(72)36-17-21-38(69)22-18-36)63-54(76)42-26-39(70)28-65(42)58(80)45(30(2)67)61-53(41)75/h9-24,30-31,39,41-51,55,67-73,77H,6-8,25-29H2,1-5H3,(H,60,74)(H,61,75)(H,62,78)(H,63,76)(H,64,79)/t30-,31-,39-,41-,42+,43-,44+,45+,46+,47+,48?,49+,50+,51+,55-/m1/s1. The van der Waals surface area contributed by atoms with Crippen molar-refractivity contribution in [3.05, 3.63) is 108 Å². The van der Waals surface area contributed by atoms with Crippen molar-refractivity contribution < 1.29 is 88.6 Å². The van der Waals surface area contributed by atoms with Crippen LogP contribution in [0.15, 0.2) is 97.1 Å². The highest BCUT2D eigenvalue weighted by Gasteiger charge is 2.52. The fourth-order valence-corrected chi connectivity index (χ4v) is 10.5. The predicted molar refractivity (Wildman–Crippen MR) is 300 cm³/mol. The van der Waals surface area contributed by atoms with Gasteiger partial charge in [-0.05, 0) is 84.5 Å². The van der Waals surface area contributed by atoms with Crippen LogP contribution in [-0.2, 0) is 38.2 Å². The Morgan fingerprint density at radius 3 is 1.71 bits per heavy atom. The van der Waals surface area contributed by atoms with Crippen LogP contribution in [-0.4, -0.2) is 211 Å². The topological polar surface area (TPSA) is 376 Å². The number of aliphatic hydroxyl groups excluding tert-OH is 7. The number of carbonyl (C=O) groups is 7. The number of nitrogens with zero attached hydrogens (tertiary/aromatic N) is 2. The van der Waals surface area contributed by atoms with E-state index in [1.165, 1.54) is 38.5 Å². The van der Waals surface area contributed by atoms with E-state index in [9.17, 15) is 74.4 Å². The van der Waals surface area contributed by atoms with E-state index in [0.29, 0.717) is 12.2 Å². The van der Waals surface area contributed by atoms with Gasteiger partial charge in [0.2, 0.25) is 35.4 Å². The third-order valence-corrected chi connectivity index (χ3v) is 15.3. The molecule has 7 rings (SSSR count). The number of benzene rings is 4. The second-order valence-electron chi connectivity index (χ2n) is 21.3. The Bertz CT molecular complexity index is 2910. The largest absolute Gasteiger partial charge is 0.508 e. The molecule has 1 unspecified atom stereocenters. The number of unbranched alkanes of at least 4 members (excludes halogenated alkanes) is 2. The molecule has 15 atom stereocenters. The van der Waals surface area contributed by atoms with Crippen LogP contribution < -0.4 is 31.3 Å². The Morgan fingerprint density at radius 1 is 0.631 bits per heavy atom. The molecular weight excluding hydrogens is 1090 g/mol. The lowest BCUT2D eigenvalue weighted by Crippen LogP contribution is -2.64. The highest BCUT2D eigenvalue weighted by atomic mass is 16.5. The minimum Gasteiger partial charge on any atom is -0.508 e. The van der Waals surface area contributed by atoms with Crippen LogP contribution in [0.2, 0.25) is 0 Å². The van der Waals surface area contributed by atoms with Gasteiger partial charge >= 0.3 is 0 Å². The molecule has 4 aromatic carbocycles. The predicted octanol–water partition coefficient (Wildman–Crippen LogP) is -0.894. The first-order chi connectivity index (χ1) is 40.0. The number of nitrogens with one attached hydrogen (secondary N) is 5. The Morgan fingerprint density at radius 2 is 1.17 bits per heavy atom. The summed E-state index contributed by atoms with van der Waals surface area (Å²) in [5.74, 6) is -7.69. The summed E-state index contributed by atoms with van der Waals surface area (Å²) < 4.78 is 17.0. The van der Waals surface area contributed by atoms with E-state index in [0.717, 1.165) is 77.5 Å². The van der Waals surface area contributed by atoms with E-state index in [-0.39, 0.29) is 16.9 Å². The van der Waals surface area contributed by atoms with Gasteiger partial charge in [0.05, 0.1) is 31.5 Å². The van der Waals surface area contributed by atoms with Gasteiger partial charge in [-0.3, -0.25) is 33.6 Å². The van der Waals surface area contributed by atoms with Crippen molar-refractivity contribution in [2.24, 2.45) is 0 Å². The van der Waals surface area contributed by atoms with Gasteiger partial charge in [0.1, 0.15) is 78.3 Å². The molecule has 0 aliphatic carbocycles. The van der Waals surface area contributed by atoms with Crippen LogP contribution in [0.4, 0.5) is 0 Å². The van der Waals surface area contributed by atoms with Crippen LogP contribution in [0, 0.1) is 0 Å². The number of aliphatic hydroxyl groups is 7. The smallest absolute Gasteiger partial charge is 0.251 e. The molecule has 7 amide bonds. The summed E-state index contributed by atoms with van der Waals surface area (Å²) in [7, 11) is 2.43. The molecule has 0 saturated carbocycles. The quantitative estimate of drug-likeness (QED) is 0.0605. The van der Waals surface area contributed by atoms with Gasteiger partial charge in [-0.1, -0.05) is 80.4 Å². The van der Waals surface area contributed by atoms with Gasteiger partial charge in [-0.25, -0.2) is 0 Å². The minimum absolute atomic E-state index is 0.0145. The number of methoxy groups -OCH3 is 2. The Labute approximate surface area is 484 Å². The minimum atomic E-state index is -2.29. The summed E-state index contributed by atoms with van der Waals surface area (Å²) in [5, 5.41) is 101. The van der Waals surface area contributed by atoms with E-state index < -0.39 is 159 Å². The van der Waals surface area contributed by atoms with Crippen molar-refractivity contribution in [3.63, 3.8) is 0 Å². The third kappa shape index (κ3) is 15.2. The molecular formula is C59H75N7O18. The maximum absolute atomic E-state index is 14.6. The molecule has 25 heteroatoms. The second-order valence-corrected chi connectivity index (χ2v) is 21.3. The molecule has 454 valence electrons. The zero-order valence-electron chi connectivity index (χ0n) is 47.1. The zero-order chi connectivity index (χ0) is 61.1. The molecule has 3 heterocycles. The maximum atomic E-state index is 14.6. The molecule has 13 N–H and O–H groups in total. The van der Waals surface area contributed by atoms with Crippen molar-refractivity contribution in [1.29, 1.82) is 0 Å². The second kappa shape index (κ2) is 28.8. The van der Waals surface area contributed by atoms with Crippen molar-refractivity contribution in [2.45, 2.75) is 144 Å². The van der Waals surface area contributed by atoms with Crippen molar-refractivity contribution in [3.8, 4) is 33.8 Å². The summed E-state index contributed by atoms with van der Waals surface area (Å²) >= 11 is 0. The summed E-state index contributed by atoms with van der Waals surface area (Å²) in [6, 6.07) is 14.9. The summed E-state index contributed by atoms with van der Waals surface area (Å²) in [4.78, 5) is 103. The number of phenols is 1. The first-order valence-electron chi connectivity index (χ1n) is 27.7. The summed E-state index contributed by atoms with van der Waals surface area (Å²) in [6.07, 6.45) is -14.3. The number of hydrogen-bond acceptors (Lipinski definition) is 18.